The number of aliphatic hydroxyl groups is 1. The van der Waals surface area contributed by atoms with Crippen molar-refractivity contribution >= 4 is 10.9 Å². The van der Waals surface area contributed by atoms with E-state index in [9.17, 15) is 5.11 Å². The van der Waals surface area contributed by atoms with Gasteiger partial charge in [-0.15, -0.1) is 0 Å². The Morgan fingerprint density at radius 3 is 2.75 bits per heavy atom. The highest BCUT2D eigenvalue weighted by molar-refractivity contribution is 5.81. The number of hydrogen-bond donors (Lipinski definition) is 2. The minimum Gasteiger partial charge on any atom is -0.389 e. The number of nitrogens with one attached hydrogen (secondary N) is 1. The summed E-state index contributed by atoms with van der Waals surface area (Å²) in [5.41, 5.74) is 1.58. The van der Waals surface area contributed by atoms with Crippen LogP contribution in [0, 0.1) is 5.92 Å². The van der Waals surface area contributed by atoms with E-state index in [4.69, 9.17) is 0 Å². The zero-order valence-electron chi connectivity index (χ0n) is 12.6. The first-order chi connectivity index (χ1) is 9.48. The van der Waals surface area contributed by atoms with Gasteiger partial charge in [0.2, 0.25) is 0 Å². The van der Waals surface area contributed by atoms with Crippen LogP contribution in [-0.2, 0) is 6.54 Å². The lowest BCUT2D eigenvalue weighted by molar-refractivity contribution is 0.0383. The predicted octanol–water partition coefficient (Wildman–Crippen LogP) is 3.12. The minimum absolute atomic E-state index is 0.494. The van der Waals surface area contributed by atoms with Crippen molar-refractivity contribution in [3.63, 3.8) is 0 Å². The molecule has 0 saturated heterocycles. The second kappa shape index (κ2) is 6.33. The maximum atomic E-state index is 10.3. The highest BCUT2D eigenvalue weighted by Crippen LogP contribution is 2.17. The van der Waals surface area contributed by atoms with Gasteiger partial charge in [0.15, 0.2) is 0 Å². The normalized spacial score (nSPS) is 14.7. The standard InChI is InChI=1S/C17H24N2O/c1-13(2)10-17(3,20)12-18-11-14-8-9-19-16-7-5-4-6-15(14)16/h4-9,13,18,20H,10-12H2,1-3H3. The number of benzene rings is 1. The van der Waals surface area contributed by atoms with Crippen LogP contribution in [0.1, 0.15) is 32.8 Å². The quantitative estimate of drug-likeness (QED) is 0.849. The number of para-hydroxylation sites is 1. The molecule has 108 valence electrons. The Balaban J connectivity index is 2.00. The minimum atomic E-state index is -0.656. The van der Waals surface area contributed by atoms with E-state index in [0.717, 1.165) is 18.5 Å². The van der Waals surface area contributed by atoms with Crippen molar-refractivity contribution in [2.75, 3.05) is 6.54 Å². The Morgan fingerprint density at radius 1 is 1.25 bits per heavy atom. The molecule has 20 heavy (non-hydrogen) atoms. The smallest absolute Gasteiger partial charge is 0.0746 e. The Kier molecular flexibility index (Phi) is 4.73. The Morgan fingerprint density at radius 2 is 2.00 bits per heavy atom. The summed E-state index contributed by atoms with van der Waals surface area (Å²) in [6.45, 7) is 7.50. The number of hydrogen-bond acceptors (Lipinski definition) is 3. The second-order valence-corrected chi connectivity index (χ2v) is 6.19. The average Bonchev–Trinajstić information content (AvgIpc) is 2.37. The van der Waals surface area contributed by atoms with Gasteiger partial charge in [-0.3, -0.25) is 4.98 Å². The van der Waals surface area contributed by atoms with E-state index in [1.807, 2.05) is 37.4 Å². The van der Waals surface area contributed by atoms with Gasteiger partial charge in [0.1, 0.15) is 0 Å². The highest BCUT2D eigenvalue weighted by Gasteiger charge is 2.21. The Bertz CT molecular complexity index is 558. The van der Waals surface area contributed by atoms with Crippen LogP contribution in [0.4, 0.5) is 0 Å². The third-order valence-corrected chi connectivity index (χ3v) is 3.41. The van der Waals surface area contributed by atoms with Gasteiger partial charge < -0.3 is 10.4 Å². The molecule has 2 rings (SSSR count). The molecule has 0 radical (unpaired) electrons. The molecule has 1 aromatic carbocycles. The van der Waals surface area contributed by atoms with E-state index in [1.54, 1.807) is 0 Å². The van der Waals surface area contributed by atoms with Crippen LogP contribution in [0.2, 0.25) is 0 Å². The van der Waals surface area contributed by atoms with Gasteiger partial charge in [-0.25, -0.2) is 0 Å². The van der Waals surface area contributed by atoms with Gasteiger partial charge in [0.25, 0.3) is 0 Å². The molecule has 0 aliphatic rings. The van der Waals surface area contributed by atoms with E-state index < -0.39 is 5.60 Å². The van der Waals surface area contributed by atoms with E-state index in [-0.39, 0.29) is 0 Å². The zero-order valence-corrected chi connectivity index (χ0v) is 12.6. The molecule has 0 aliphatic heterocycles. The lowest BCUT2D eigenvalue weighted by Gasteiger charge is -2.25. The summed E-state index contributed by atoms with van der Waals surface area (Å²) in [5.74, 6) is 0.494. The SMILES string of the molecule is CC(C)CC(C)(O)CNCc1ccnc2ccccc12. The zero-order chi connectivity index (χ0) is 14.6. The molecule has 1 aromatic heterocycles. The van der Waals surface area contributed by atoms with Crippen LogP contribution >= 0.6 is 0 Å². The summed E-state index contributed by atoms with van der Waals surface area (Å²) < 4.78 is 0. The molecule has 3 nitrogen and oxygen atoms in total. The predicted molar refractivity (Wildman–Crippen MR) is 83.5 cm³/mol. The van der Waals surface area contributed by atoms with Gasteiger partial charge in [-0.05, 0) is 37.0 Å². The van der Waals surface area contributed by atoms with Crippen LogP contribution < -0.4 is 5.32 Å². The molecule has 0 aliphatic carbocycles. The van der Waals surface area contributed by atoms with Gasteiger partial charge in [0, 0.05) is 24.7 Å². The molecule has 0 spiro atoms. The monoisotopic (exact) mass is 272 g/mol. The topological polar surface area (TPSA) is 45.1 Å². The molecule has 1 atom stereocenters. The maximum absolute atomic E-state index is 10.3. The van der Waals surface area contributed by atoms with E-state index in [0.29, 0.717) is 12.5 Å². The van der Waals surface area contributed by atoms with Crippen molar-refractivity contribution in [1.29, 1.82) is 0 Å². The third kappa shape index (κ3) is 4.02. The Labute approximate surface area is 121 Å². The summed E-state index contributed by atoms with van der Waals surface area (Å²) in [6, 6.07) is 10.2. The molecule has 0 bridgehead atoms. The Hall–Kier alpha value is -1.45. The van der Waals surface area contributed by atoms with Crippen LogP contribution in [0.15, 0.2) is 36.5 Å². The molecular weight excluding hydrogens is 248 g/mol. The van der Waals surface area contributed by atoms with Crippen LogP contribution in [0.5, 0.6) is 0 Å². The fourth-order valence-electron chi connectivity index (χ4n) is 2.73. The van der Waals surface area contributed by atoms with Gasteiger partial charge in [0.05, 0.1) is 11.1 Å². The molecule has 3 heteroatoms. The number of nitrogens with zero attached hydrogens (tertiary/aromatic N) is 1. The average molecular weight is 272 g/mol. The van der Waals surface area contributed by atoms with Crippen molar-refractivity contribution in [3.8, 4) is 0 Å². The number of aromatic nitrogens is 1. The van der Waals surface area contributed by atoms with Crippen molar-refractivity contribution in [3.05, 3.63) is 42.1 Å². The van der Waals surface area contributed by atoms with Crippen molar-refractivity contribution in [1.82, 2.24) is 10.3 Å². The number of rotatable bonds is 6. The summed E-state index contributed by atoms with van der Waals surface area (Å²) in [6.07, 6.45) is 2.64. The molecular formula is C17H24N2O. The maximum Gasteiger partial charge on any atom is 0.0746 e. The number of pyridine rings is 1. The molecule has 1 unspecified atom stereocenters. The first-order valence-corrected chi connectivity index (χ1v) is 7.24. The van der Waals surface area contributed by atoms with E-state index in [1.165, 1.54) is 10.9 Å². The highest BCUT2D eigenvalue weighted by atomic mass is 16.3. The summed E-state index contributed by atoms with van der Waals surface area (Å²) >= 11 is 0. The first-order valence-electron chi connectivity index (χ1n) is 7.24. The summed E-state index contributed by atoms with van der Waals surface area (Å²) in [4.78, 5) is 4.36. The fraction of sp³-hybridized carbons (Fsp3) is 0.471. The molecule has 1 heterocycles. The fourth-order valence-corrected chi connectivity index (χ4v) is 2.73. The van der Waals surface area contributed by atoms with Crippen molar-refractivity contribution < 1.29 is 5.11 Å². The van der Waals surface area contributed by atoms with Crippen molar-refractivity contribution in [2.24, 2.45) is 5.92 Å². The van der Waals surface area contributed by atoms with E-state index in [2.05, 4.69) is 30.2 Å². The van der Waals surface area contributed by atoms with Crippen molar-refractivity contribution in [2.45, 2.75) is 39.3 Å². The van der Waals surface area contributed by atoms with E-state index >= 15 is 0 Å². The molecule has 0 saturated carbocycles. The van der Waals surface area contributed by atoms with Gasteiger partial charge in [-0.1, -0.05) is 32.0 Å². The molecule has 2 N–H and O–H groups in total. The van der Waals surface area contributed by atoms with Crippen LogP contribution in [-0.4, -0.2) is 22.2 Å². The lowest BCUT2D eigenvalue weighted by atomic mass is 9.94. The lowest BCUT2D eigenvalue weighted by Crippen LogP contribution is -2.38. The largest absolute Gasteiger partial charge is 0.389 e. The molecule has 0 amide bonds. The van der Waals surface area contributed by atoms with Crippen LogP contribution in [0.3, 0.4) is 0 Å². The summed E-state index contributed by atoms with van der Waals surface area (Å²) in [7, 11) is 0. The first kappa shape index (κ1) is 14.9. The van der Waals surface area contributed by atoms with Gasteiger partial charge in [-0.2, -0.15) is 0 Å². The van der Waals surface area contributed by atoms with Gasteiger partial charge >= 0.3 is 0 Å². The molecule has 0 fully saturated rings. The third-order valence-electron chi connectivity index (χ3n) is 3.41. The molecule has 2 aromatic rings. The second-order valence-electron chi connectivity index (χ2n) is 6.19. The van der Waals surface area contributed by atoms with Crippen LogP contribution in [0.25, 0.3) is 10.9 Å². The number of fused-ring (bicyclic) bond motifs is 1. The summed E-state index contributed by atoms with van der Waals surface area (Å²) in [5, 5.41) is 14.8.